The molecule has 2 nitrogen and oxygen atoms in total. The molecule has 0 radical (unpaired) electrons. The second kappa shape index (κ2) is 3.32. The number of allylic oxidation sites excluding steroid dienone is 1. The van der Waals surface area contributed by atoms with Gasteiger partial charge >= 0.3 is 0 Å². The second-order valence-electron chi connectivity index (χ2n) is 3.25. The van der Waals surface area contributed by atoms with E-state index >= 15 is 0 Å². The molecule has 0 atom stereocenters. The van der Waals surface area contributed by atoms with Crippen molar-refractivity contribution in [1.29, 1.82) is 0 Å². The van der Waals surface area contributed by atoms with Crippen LogP contribution in [0.2, 0.25) is 0 Å². The van der Waals surface area contributed by atoms with Crippen molar-refractivity contribution >= 4 is 0 Å². The van der Waals surface area contributed by atoms with Gasteiger partial charge in [0.25, 0.3) is 0 Å². The zero-order valence-corrected chi connectivity index (χ0v) is 6.55. The molecule has 1 saturated carbocycles. The van der Waals surface area contributed by atoms with E-state index in [1.807, 2.05) is 0 Å². The van der Waals surface area contributed by atoms with Gasteiger partial charge in [0.15, 0.2) is 0 Å². The molecule has 11 heavy (non-hydrogen) atoms. The third-order valence-corrected chi connectivity index (χ3v) is 2.15. The summed E-state index contributed by atoms with van der Waals surface area (Å²) in [5.74, 6) is 5.17. The van der Waals surface area contributed by atoms with Crippen LogP contribution in [0, 0.1) is 5.92 Å². The highest BCUT2D eigenvalue weighted by molar-refractivity contribution is 4.98. The van der Waals surface area contributed by atoms with Crippen molar-refractivity contribution in [2.75, 3.05) is 6.61 Å². The molecule has 0 aromatic rings. The van der Waals surface area contributed by atoms with Gasteiger partial charge in [0.2, 0.25) is 0 Å². The zero-order valence-electron chi connectivity index (χ0n) is 6.55. The smallest absolute Gasteiger partial charge is 0.115 e. The molecule has 0 bridgehead atoms. The van der Waals surface area contributed by atoms with E-state index < -0.39 is 5.67 Å². The Labute approximate surface area is 66.2 Å². The second-order valence-corrected chi connectivity index (χ2v) is 3.25. The largest absolute Gasteiger partial charge is 0.304 e. The average Bonchev–Trinajstić information content (AvgIpc) is 1.85. The fourth-order valence-electron chi connectivity index (χ4n) is 1.65. The normalized spacial score (nSPS) is 36.4. The fraction of sp³-hybridized carbons (Fsp3) is 0.750. The van der Waals surface area contributed by atoms with Crippen molar-refractivity contribution in [2.24, 2.45) is 11.8 Å². The summed E-state index contributed by atoms with van der Waals surface area (Å²) in [4.78, 5) is 4.42. The Balaban J connectivity index is 2.20. The molecule has 0 aromatic heterocycles. The van der Waals surface area contributed by atoms with E-state index in [0.717, 1.165) is 0 Å². The molecule has 0 amide bonds. The van der Waals surface area contributed by atoms with Crippen molar-refractivity contribution in [2.45, 2.75) is 24.9 Å². The van der Waals surface area contributed by atoms with Crippen LogP contribution in [-0.2, 0) is 4.84 Å². The molecule has 0 aromatic carbocycles. The Morgan fingerprint density at radius 1 is 1.73 bits per heavy atom. The van der Waals surface area contributed by atoms with E-state index in [0.29, 0.717) is 31.8 Å². The summed E-state index contributed by atoms with van der Waals surface area (Å²) >= 11 is 0. The van der Waals surface area contributed by atoms with Gasteiger partial charge in [-0.1, -0.05) is 6.08 Å². The first-order valence-electron chi connectivity index (χ1n) is 3.82. The Morgan fingerprint density at radius 2 is 2.36 bits per heavy atom. The van der Waals surface area contributed by atoms with E-state index in [-0.39, 0.29) is 0 Å². The van der Waals surface area contributed by atoms with Crippen molar-refractivity contribution in [3.8, 4) is 0 Å². The summed E-state index contributed by atoms with van der Waals surface area (Å²) in [6.45, 7) is 3.98. The predicted molar refractivity (Wildman–Crippen MR) is 41.5 cm³/mol. The van der Waals surface area contributed by atoms with Crippen molar-refractivity contribution in [1.82, 2.24) is 0 Å². The van der Waals surface area contributed by atoms with E-state index in [1.54, 1.807) is 6.08 Å². The SMILES string of the molecule is C=CCC1(F)CC(CON)C1. The topological polar surface area (TPSA) is 35.2 Å². The van der Waals surface area contributed by atoms with Crippen molar-refractivity contribution in [3.63, 3.8) is 0 Å². The van der Waals surface area contributed by atoms with Crippen LogP contribution >= 0.6 is 0 Å². The number of hydrogen-bond acceptors (Lipinski definition) is 2. The molecule has 1 rings (SSSR count). The molecular formula is C8H14FNO. The maximum absolute atomic E-state index is 13.3. The monoisotopic (exact) mass is 159 g/mol. The van der Waals surface area contributed by atoms with E-state index in [2.05, 4.69) is 11.4 Å². The lowest BCUT2D eigenvalue weighted by atomic mass is 9.71. The van der Waals surface area contributed by atoms with E-state index in [4.69, 9.17) is 5.90 Å². The molecule has 0 spiro atoms. The lowest BCUT2D eigenvalue weighted by Crippen LogP contribution is -2.41. The van der Waals surface area contributed by atoms with Crippen LogP contribution in [0.5, 0.6) is 0 Å². The maximum Gasteiger partial charge on any atom is 0.115 e. The fourth-order valence-corrected chi connectivity index (χ4v) is 1.65. The third kappa shape index (κ3) is 2.01. The Kier molecular flexibility index (Phi) is 2.62. The first-order valence-corrected chi connectivity index (χ1v) is 3.82. The highest BCUT2D eigenvalue weighted by Crippen LogP contribution is 2.43. The molecule has 1 fully saturated rings. The third-order valence-electron chi connectivity index (χ3n) is 2.15. The van der Waals surface area contributed by atoms with Gasteiger partial charge in [-0.05, 0) is 25.2 Å². The van der Waals surface area contributed by atoms with Gasteiger partial charge in [-0.15, -0.1) is 6.58 Å². The molecule has 2 N–H and O–H groups in total. The van der Waals surface area contributed by atoms with Gasteiger partial charge in [-0.25, -0.2) is 10.3 Å². The molecule has 1 aliphatic rings. The zero-order chi connectivity index (χ0) is 8.32. The minimum absolute atomic E-state index is 0.310. The number of hydrogen-bond donors (Lipinski definition) is 1. The first kappa shape index (κ1) is 8.68. The Bertz CT molecular complexity index is 143. The highest BCUT2D eigenvalue weighted by Gasteiger charge is 2.43. The number of halogens is 1. The van der Waals surface area contributed by atoms with Crippen LogP contribution in [0.15, 0.2) is 12.7 Å². The predicted octanol–water partition coefficient (Wildman–Crippen LogP) is 1.57. The summed E-state index contributed by atoms with van der Waals surface area (Å²) < 4.78 is 13.3. The maximum atomic E-state index is 13.3. The molecule has 0 aliphatic heterocycles. The molecule has 0 unspecified atom stereocenters. The summed E-state index contributed by atoms with van der Waals surface area (Å²) in [5, 5.41) is 0. The molecule has 1 aliphatic carbocycles. The summed E-state index contributed by atoms with van der Waals surface area (Å²) in [6.07, 6.45) is 3.21. The van der Waals surface area contributed by atoms with E-state index in [1.165, 1.54) is 0 Å². The quantitative estimate of drug-likeness (QED) is 0.499. The lowest BCUT2D eigenvalue weighted by molar-refractivity contribution is -0.0361. The molecule has 0 heterocycles. The average molecular weight is 159 g/mol. The Morgan fingerprint density at radius 3 is 2.82 bits per heavy atom. The lowest BCUT2D eigenvalue weighted by Gasteiger charge is -2.40. The number of rotatable bonds is 4. The van der Waals surface area contributed by atoms with Gasteiger partial charge in [0, 0.05) is 0 Å². The van der Waals surface area contributed by atoms with Crippen LogP contribution in [-0.4, -0.2) is 12.3 Å². The van der Waals surface area contributed by atoms with Crippen LogP contribution in [0.1, 0.15) is 19.3 Å². The van der Waals surface area contributed by atoms with Crippen molar-refractivity contribution in [3.05, 3.63) is 12.7 Å². The number of nitrogens with two attached hydrogens (primary N) is 1. The molecule has 0 saturated heterocycles. The van der Waals surface area contributed by atoms with Crippen LogP contribution in [0.3, 0.4) is 0 Å². The molecule has 3 heteroatoms. The minimum Gasteiger partial charge on any atom is -0.304 e. The number of alkyl halides is 1. The van der Waals surface area contributed by atoms with Gasteiger partial charge < -0.3 is 4.84 Å². The van der Waals surface area contributed by atoms with Crippen LogP contribution in [0.25, 0.3) is 0 Å². The summed E-state index contributed by atoms with van der Waals surface area (Å²) in [6, 6.07) is 0. The first-order chi connectivity index (χ1) is 5.20. The van der Waals surface area contributed by atoms with Crippen LogP contribution in [0.4, 0.5) is 4.39 Å². The van der Waals surface area contributed by atoms with Gasteiger partial charge in [-0.3, -0.25) is 0 Å². The van der Waals surface area contributed by atoms with Crippen LogP contribution < -0.4 is 5.90 Å². The van der Waals surface area contributed by atoms with Gasteiger partial charge in [-0.2, -0.15) is 0 Å². The van der Waals surface area contributed by atoms with Crippen molar-refractivity contribution < 1.29 is 9.23 Å². The summed E-state index contributed by atoms with van der Waals surface area (Å²) in [5.41, 5.74) is -1.01. The molecule has 64 valence electrons. The summed E-state index contributed by atoms with van der Waals surface area (Å²) in [7, 11) is 0. The van der Waals surface area contributed by atoms with E-state index in [9.17, 15) is 4.39 Å². The standard InChI is InChI=1S/C8H14FNO/c1-2-3-8(9)4-7(5-8)6-11-10/h2,7H,1,3-6,10H2. The van der Waals surface area contributed by atoms with Gasteiger partial charge in [0.1, 0.15) is 5.67 Å². The van der Waals surface area contributed by atoms with Gasteiger partial charge in [0.05, 0.1) is 6.61 Å². The Hall–Kier alpha value is -0.410. The minimum atomic E-state index is -1.01. The highest BCUT2D eigenvalue weighted by atomic mass is 19.1. The molecular weight excluding hydrogens is 145 g/mol.